The second-order valence-corrected chi connectivity index (χ2v) is 9.02. The van der Waals surface area contributed by atoms with Crippen LogP contribution < -0.4 is 5.32 Å². The lowest BCUT2D eigenvalue weighted by Crippen LogP contribution is -2.42. The molecule has 0 radical (unpaired) electrons. The Bertz CT molecular complexity index is 1130. The number of likely N-dealkylation sites (tertiary alicyclic amines) is 1. The number of rotatable bonds is 6. The minimum Gasteiger partial charge on any atom is -0.361 e. The predicted molar refractivity (Wildman–Crippen MR) is 123 cm³/mol. The van der Waals surface area contributed by atoms with Gasteiger partial charge in [-0.05, 0) is 49.6 Å². The largest absolute Gasteiger partial charge is 0.361 e. The van der Waals surface area contributed by atoms with Gasteiger partial charge in [0.15, 0.2) is 0 Å². The molecule has 0 bridgehead atoms. The zero-order chi connectivity index (χ0) is 20.3. The molecule has 1 amide bonds. The van der Waals surface area contributed by atoms with Crippen molar-refractivity contribution in [1.29, 1.82) is 0 Å². The van der Waals surface area contributed by atoms with Gasteiger partial charge >= 0.3 is 0 Å². The third kappa shape index (κ3) is 3.98. The second-order valence-electron chi connectivity index (χ2n) is 7.96. The molecule has 4 aromatic rings. The average Bonchev–Trinajstić information content (AvgIpc) is 3.38. The van der Waals surface area contributed by atoms with E-state index in [4.69, 9.17) is 4.98 Å². The van der Waals surface area contributed by atoms with Gasteiger partial charge in [0.1, 0.15) is 5.01 Å². The number of nitrogens with one attached hydrogen (secondary N) is 2. The van der Waals surface area contributed by atoms with E-state index in [0.717, 1.165) is 41.8 Å². The van der Waals surface area contributed by atoms with Crippen molar-refractivity contribution in [3.8, 4) is 0 Å². The van der Waals surface area contributed by atoms with Gasteiger partial charge < -0.3 is 10.3 Å². The number of carbonyl (C=O) groups is 1. The Morgan fingerprint density at radius 2 is 2.03 bits per heavy atom. The van der Waals surface area contributed by atoms with Crippen LogP contribution in [0.5, 0.6) is 0 Å². The number of aromatic nitrogens is 2. The molecule has 0 unspecified atom stereocenters. The molecule has 6 heteroatoms. The quantitative estimate of drug-likeness (QED) is 0.479. The predicted octanol–water partition coefficient (Wildman–Crippen LogP) is 4.66. The smallest absolute Gasteiger partial charge is 0.234 e. The third-order valence-corrected chi connectivity index (χ3v) is 7.08. The van der Waals surface area contributed by atoms with E-state index in [1.54, 1.807) is 11.3 Å². The van der Waals surface area contributed by atoms with Gasteiger partial charge in [0, 0.05) is 23.6 Å². The fraction of sp³-hybridized carbons (Fsp3) is 0.333. The highest BCUT2D eigenvalue weighted by Gasteiger charge is 2.28. The molecule has 5 nitrogen and oxygen atoms in total. The van der Waals surface area contributed by atoms with Crippen molar-refractivity contribution < 1.29 is 4.79 Å². The van der Waals surface area contributed by atoms with E-state index in [-0.39, 0.29) is 11.9 Å². The molecule has 3 heterocycles. The molecule has 1 saturated heterocycles. The Hall–Kier alpha value is -2.70. The molecule has 5 rings (SSSR count). The summed E-state index contributed by atoms with van der Waals surface area (Å²) >= 11 is 1.76. The van der Waals surface area contributed by atoms with Crippen LogP contribution in [0.15, 0.2) is 54.7 Å². The lowest BCUT2D eigenvalue weighted by molar-refractivity contribution is -0.123. The van der Waals surface area contributed by atoms with Crippen LogP contribution in [0.4, 0.5) is 0 Å². The zero-order valence-electron chi connectivity index (χ0n) is 16.9. The minimum absolute atomic E-state index is 0.0999. The Kier molecular flexibility index (Phi) is 5.51. The van der Waals surface area contributed by atoms with E-state index in [9.17, 15) is 4.79 Å². The molecule has 30 heavy (non-hydrogen) atoms. The lowest BCUT2D eigenvalue weighted by atomic mass is 10.0. The van der Waals surface area contributed by atoms with Gasteiger partial charge in [-0.15, -0.1) is 11.3 Å². The first-order valence-electron chi connectivity index (χ1n) is 10.7. The maximum absolute atomic E-state index is 12.7. The fourth-order valence-electron chi connectivity index (χ4n) is 4.41. The standard InChI is InChI=1S/C24H26N4OS/c29-23(25-13-12-17-15-26-19-8-2-1-7-18(17)19)16-28-14-6-5-10-21(28)24-27-20-9-3-4-11-22(20)30-24/h1-4,7-9,11,15,21,26H,5-6,10,12-14,16H2,(H,25,29)/t21-/m1/s1. The van der Waals surface area contributed by atoms with Crippen molar-refractivity contribution in [1.82, 2.24) is 20.2 Å². The molecule has 0 spiro atoms. The molecule has 2 N–H and O–H groups in total. The number of fused-ring (bicyclic) bond motifs is 2. The van der Waals surface area contributed by atoms with Crippen LogP contribution in [-0.2, 0) is 11.2 Å². The summed E-state index contributed by atoms with van der Waals surface area (Å²) in [7, 11) is 0. The summed E-state index contributed by atoms with van der Waals surface area (Å²) in [5.41, 5.74) is 3.45. The van der Waals surface area contributed by atoms with Gasteiger partial charge in [-0.25, -0.2) is 4.98 Å². The van der Waals surface area contributed by atoms with Crippen molar-refractivity contribution in [2.24, 2.45) is 0 Å². The van der Waals surface area contributed by atoms with Crippen molar-refractivity contribution >= 4 is 38.4 Å². The lowest BCUT2D eigenvalue weighted by Gasteiger charge is -2.33. The van der Waals surface area contributed by atoms with Crippen molar-refractivity contribution in [3.63, 3.8) is 0 Å². The first kappa shape index (κ1) is 19.3. The number of piperidine rings is 1. The van der Waals surface area contributed by atoms with Gasteiger partial charge in [0.2, 0.25) is 5.91 Å². The number of aromatic amines is 1. The van der Waals surface area contributed by atoms with Crippen LogP contribution in [0.1, 0.15) is 35.9 Å². The van der Waals surface area contributed by atoms with Crippen LogP contribution in [0.2, 0.25) is 0 Å². The summed E-state index contributed by atoms with van der Waals surface area (Å²) in [6.07, 6.45) is 6.29. The summed E-state index contributed by atoms with van der Waals surface area (Å²) in [4.78, 5) is 23.1. The summed E-state index contributed by atoms with van der Waals surface area (Å²) in [5.74, 6) is 0.0999. The first-order valence-corrected chi connectivity index (χ1v) is 11.5. The molecule has 0 aliphatic carbocycles. The SMILES string of the molecule is O=C(CN1CCCC[C@@H]1c1nc2ccccc2s1)NCCc1c[nH]c2ccccc12. The molecule has 0 saturated carbocycles. The number of hydrogen-bond donors (Lipinski definition) is 2. The van der Waals surface area contributed by atoms with Crippen LogP contribution in [-0.4, -0.2) is 40.4 Å². The van der Waals surface area contributed by atoms with E-state index in [0.29, 0.717) is 13.1 Å². The Morgan fingerprint density at radius 1 is 1.17 bits per heavy atom. The van der Waals surface area contributed by atoms with Crippen LogP contribution in [0, 0.1) is 0 Å². The highest BCUT2D eigenvalue weighted by molar-refractivity contribution is 7.18. The van der Waals surface area contributed by atoms with Gasteiger partial charge in [0.25, 0.3) is 0 Å². The molecular weight excluding hydrogens is 392 g/mol. The number of nitrogens with zero attached hydrogens (tertiary/aromatic N) is 2. The van der Waals surface area contributed by atoms with Gasteiger partial charge in [0.05, 0.1) is 22.8 Å². The normalized spacial score (nSPS) is 17.5. The molecule has 1 aliphatic heterocycles. The number of hydrogen-bond acceptors (Lipinski definition) is 4. The number of thiazole rings is 1. The fourth-order valence-corrected chi connectivity index (χ4v) is 5.54. The molecule has 2 aromatic carbocycles. The van der Waals surface area contributed by atoms with E-state index in [2.05, 4.69) is 51.6 Å². The van der Waals surface area contributed by atoms with Gasteiger partial charge in [-0.3, -0.25) is 9.69 Å². The maximum Gasteiger partial charge on any atom is 0.234 e. The van der Waals surface area contributed by atoms with E-state index >= 15 is 0 Å². The minimum atomic E-state index is 0.0999. The highest BCUT2D eigenvalue weighted by Crippen LogP contribution is 2.35. The maximum atomic E-state index is 12.7. The number of benzene rings is 2. The number of amides is 1. The van der Waals surface area contributed by atoms with Crippen molar-refractivity contribution in [2.75, 3.05) is 19.6 Å². The molecule has 154 valence electrons. The highest BCUT2D eigenvalue weighted by atomic mass is 32.1. The number of carbonyl (C=O) groups excluding carboxylic acids is 1. The first-order chi connectivity index (χ1) is 14.8. The summed E-state index contributed by atoms with van der Waals surface area (Å²) < 4.78 is 1.22. The molecular formula is C24H26N4OS. The van der Waals surface area contributed by atoms with E-state index in [1.807, 2.05) is 18.3 Å². The Balaban J connectivity index is 1.20. The Morgan fingerprint density at radius 3 is 2.97 bits per heavy atom. The number of H-pyrrole nitrogens is 1. The van der Waals surface area contributed by atoms with Gasteiger partial charge in [-0.2, -0.15) is 0 Å². The summed E-state index contributed by atoms with van der Waals surface area (Å²) in [6.45, 7) is 2.05. The van der Waals surface area contributed by atoms with Crippen molar-refractivity contribution in [2.45, 2.75) is 31.7 Å². The van der Waals surface area contributed by atoms with Crippen LogP contribution >= 0.6 is 11.3 Å². The molecule has 1 atom stereocenters. The van der Waals surface area contributed by atoms with Crippen LogP contribution in [0.3, 0.4) is 0 Å². The second kappa shape index (κ2) is 8.58. The average molecular weight is 419 g/mol. The molecule has 1 fully saturated rings. The third-order valence-electron chi connectivity index (χ3n) is 5.95. The topological polar surface area (TPSA) is 61.0 Å². The van der Waals surface area contributed by atoms with Crippen molar-refractivity contribution in [3.05, 3.63) is 65.3 Å². The number of para-hydroxylation sites is 2. The summed E-state index contributed by atoms with van der Waals surface area (Å²) in [6, 6.07) is 16.8. The summed E-state index contributed by atoms with van der Waals surface area (Å²) in [5, 5.41) is 5.50. The van der Waals surface area contributed by atoms with Gasteiger partial charge in [-0.1, -0.05) is 36.8 Å². The zero-order valence-corrected chi connectivity index (χ0v) is 17.8. The van der Waals surface area contributed by atoms with E-state index in [1.165, 1.54) is 22.1 Å². The monoisotopic (exact) mass is 418 g/mol. The van der Waals surface area contributed by atoms with Crippen LogP contribution in [0.25, 0.3) is 21.1 Å². The molecule has 1 aliphatic rings. The van der Waals surface area contributed by atoms with E-state index < -0.39 is 0 Å². The Labute approximate surface area is 180 Å². The molecule has 2 aromatic heterocycles.